The van der Waals surface area contributed by atoms with Crippen LogP contribution in [0, 0.1) is 0 Å². The topological polar surface area (TPSA) is 63.2 Å². The zero-order valence-corrected chi connectivity index (χ0v) is 18.7. The van der Waals surface area contributed by atoms with Gasteiger partial charge in [0.2, 0.25) is 0 Å². The minimum Gasteiger partial charge on any atom is -0.460 e. The van der Waals surface area contributed by atoms with Crippen molar-refractivity contribution in [1.29, 1.82) is 0 Å². The van der Waals surface area contributed by atoms with Gasteiger partial charge in [0.15, 0.2) is 0 Å². The first-order valence-corrected chi connectivity index (χ1v) is 10.9. The summed E-state index contributed by atoms with van der Waals surface area (Å²) in [6.45, 7) is 2.78. The Balaban J connectivity index is 1.78. The largest absolute Gasteiger partial charge is 0.460 e. The third-order valence-electron chi connectivity index (χ3n) is 5.24. The van der Waals surface area contributed by atoms with Crippen molar-refractivity contribution in [2.45, 2.75) is 57.4 Å². The van der Waals surface area contributed by atoms with Crippen molar-refractivity contribution in [3.63, 3.8) is 0 Å². The Morgan fingerprint density at radius 2 is 1.44 bits per heavy atom. The summed E-state index contributed by atoms with van der Waals surface area (Å²) in [5.41, 5.74) is 2.13. The summed E-state index contributed by atoms with van der Waals surface area (Å²) in [6.07, 6.45) is 2.99. The van der Waals surface area contributed by atoms with Crippen LogP contribution in [0.4, 0.5) is 0 Å². The smallest absolute Gasteiger partial charge is 0.306 e. The van der Waals surface area contributed by atoms with Crippen molar-refractivity contribution in [3.8, 4) is 0 Å². The average molecular weight is 441 g/mol. The Kier molecular flexibility index (Phi) is 9.91. The molecule has 0 aliphatic carbocycles. The molecule has 0 saturated heterocycles. The van der Waals surface area contributed by atoms with E-state index in [1.54, 1.807) is 7.11 Å². The molecule has 6 heteroatoms. The average Bonchev–Trinajstić information content (AvgIpc) is 2.82. The van der Waals surface area contributed by atoms with E-state index in [2.05, 4.69) is 0 Å². The lowest BCUT2D eigenvalue weighted by molar-refractivity contribution is -0.161. The number of cyclic esters (lactones) is 1. The molecule has 1 aliphatic heterocycles. The molecule has 0 amide bonds. The van der Waals surface area contributed by atoms with E-state index in [1.807, 2.05) is 79.7 Å². The van der Waals surface area contributed by atoms with Crippen molar-refractivity contribution in [2.24, 2.45) is 0 Å². The van der Waals surface area contributed by atoms with Gasteiger partial charge in [-0.1, -0.05) is 72.8 Å². The maximum atomic E-state index is 12.4. The van der Waals surface area contributed by atoms with Crippen LogP contribution < -0.4 is 0 Å². The van der Waals surface area contributed by atoms with E-state index in [4.69, 9.17) is 23.7 Å². The molecule has 32 heavy (non-hydrogen) atoms. The Morgan fingerprint density at radius 1 is 0.844 bits per heavy atom. The predicted octanol–water partition coefficient (Wildman–Crippen LogP) is 4.43. The van der Waals surface area contributed by atoms with Gasteiger partial charge in [-0.05, 0) is 24.5 Å². The lowest BCUT2D eigenvalue weighted by Gasteiger charge is -2.29. The van der Waals surface area contributed by atoms with Crippen LogP contribution in [0.3, 0.4) is 0 Å². The molecule has 4 atom stereocenters. The minimum atomic E-state index is -0.449. The summed E-state index contributed by atoms with van der Waals surface area (Å²) in [6, 6.07) is 19.9. The van der Waals surface area contributed by atoms with Gasteiger partial charge in [0.05, 0.1) is 19.3 Å². The van der Waals surface area contributed by atoms with E-state index in [9.17, 15) is 4.79 Å². The molecule has 0 N–H and O–H groups in total. The first kappa shape index (κ1) is 24.1. The minimum absolute atomic E-state index is 0.0976. The van der Waals surface area contributed by atoms with Crippen molar-refractivity contribution >= 4 is 5.97 Å². The van der Waals surface area contributed by atoms with Gasteiger partial charge in [-0.2, -0.15) is 0 Å². The van der Waals surface area contributed by atoms with Crippen LogP contribution in [-0.2, 0) is 41.7 Å². The molecule has 172 valence electrons. The number of carbonyl (C=O) groups excluding carboxylic acids is 1. The Morgan fingerprint density at radius 3 is 2.06 bits per heavy atom. The van der Waals surface area contributed by atoms with Crippen LogP contribution in [0.15, 0.2) is 72.8 Å². The molecule has 0 radical (unpaired) electrons. The number of hydrogen-bond donors (Lipinski definition) is 0. The molecule has 2 aromatic rings. The van der Waals surface area contributed by atoms with Crippen molar-refractivity contribution in [3.05, 3.63) is 83.9 Å². The third kappa shape index (κ3) is 7.88. The summed E-state index contributed by atoms with van der Waals surface area (Å²) in [5.74, 6) is -0.283. The van der Waals surface area contributed by atoms with Gasteiger partial charge in [-0.15, -0.1) is 0 Å². The number of benzene rings is 2. The third-order valence-corrected chi connectivity index (χ3v) is 5.24. The highest BCUT2D eigenvalue weighted by Gasteiger charge is 2.27. The van der Waals surface area contributed by atoms with Crippen LogP contribution in [0.25, 0.3) is 0 Å². The van der Waals surface area contributed by atoms with Crippen LogP contribution in [0.5, 0.6) is 0 Å². The van der Waals surface area contributed by atoms with E-state index < -0.39 is 12.2 Å². The molecule has 0 aromatic heterocycles. The zero-order valence-electron chi connectivity index (χ0n) is 18.7. The SMILES string of the molecule is COCO[C@H]1/C=C/[C@@H](OCc2ccccc2)[C@@H](OCc2ccccc2)CCC(=O)O[C@@H]1C. The van der Waals surface area contributed by atoms with Gasteiger partial charge in [-0.3, -0.25) is 4.79 Å². The first-order valence-electron chi connectivity index (χ1n) is 10.9. The highest BCUT2D eigenvalue weighted by atomic mass is 16.7. The van der Waals surface area contributed by atoms with Crippen molar-refractivity contribution in [2.75, 3.05) is 13.9 Å². The van der Waals surface area contributed by atoms with E-state index in [1.165, 1.54) is 0 Å². The summed E-state index contributed by atoms with van der Waals surface area (Å²) >= 11 is 0. The first-order chi connectivity index (χ1) is 15.7. The Bertz CT molecular complexity index is 823. The van der Waals surface area contributed by atoms with Gasteiger partial charge in [0.25, 0.3) is 0 Å². The van der Waals surface area contributed by atoms with E-state index in [0.29, 0.717) is 19.6 Å². The Hall–Kier alpha value is -2.51. The molecule has 0 spiro atoms. The number of methoxy groups -OCH3 is 1. The quantitative estimate of drug-likeness (QED) is 0.327. The van der Waals surface area contributed by atoms with E-state index in [0.717, 1.165) is 11.1 Å². The number of ether oxygens (including phenoxy) is 5. The summed E-state index contributed by atoms with van der Waals surface area (Å²) in [5, 5.41) is 0. The number of rotatable bonds is 9. The fourth-order valence-electron chi connectivity index (χ4n) is 3.48. The number of carbonyl (C=O) groups is 1. The number of hydrogen-bond acceptors (Lipinski definition) is 6. The van der Waals surface area contributed by atoms with Crippen molar-refractivity contribution < 1.29 is 28.5 Å². The second-order valence-electron chi connectivity index (χ2n) is 7.75. The normalized spacial score (nSPS) is 25.1. The van der Waals surface area contributed by atoms with E-state index >= 15 is 0 Å². The fourth-order valence-corrected chi connectivity index (χ4v) is 3.48. The maximum Gasteiger partial charge on any atom is 0.306 e. The highest BCUT2D eigenvalue weighted by molar-refractivity contribution is 5.69. The van der Waals surface area contributed by atoms with Gasteiger partial charge in [0.1, 0.15) is 25.1 Å². The molecular weight excluding hydrogens is 408 g/mol. The molecular formula is C26H32O6. The summed E-state index contributed by atoms with van der Waals surface area (Å²) in [7, 11) is 1.56. The van der Waals surface area contributed by atoms with Crippen LogP contribution >= 0.6 is 0 Å². The van der Waals surface area contributed by atoms with E-state index in [-0.39, 0.29) is 31.4 Å². The molecule has 3 rings (SSSR count). The summed E-state index contributed by atoms with van der Waals surface area (Å²) < 4.78 is 28.8. The molecule has 0 bridgehead atoms. The molecule has 0 fully saturated rings. The monoisotopic (exact) mass is 440 g/mol. The standard InChI is InChI=1S/C26H32O6/c1-20-23(31-19-28-2)13-14-24(29-17-21-9-5-3-6-10-21)25(15-16-26(27)32-20)30-18-22-11-7-4-8-12-22/h3-14,20,23-25H,15-19H2,1-2H3/b14-13+/t20-,23+,24-,25+/m1/s1. The lowest BCUT2D eigenvalue weighted by atomic mass is 10.0. The van der Waals surface area contributed by atoms with Gasteiger partial charge < -0.3 is 23.7 Å². The molecule has 1 aliphatic rings. The van der Waals surface area contributed by atoms with Gasteiger partial charge in [-0.25, -0.2) is 0 Å². The predicted molar refractivity (Wildman–Crippen MR) is 121 cm³/mol. The summed E-state index contributed by atoms with van der Waals surface area (Å²) in [4.78, 5) is 12.4. The maximum absolute atomic E-state index is 12.4. The molecule has 0 saturated carbocycles. The molecule has 6 nitrogen and oxygen atoms in total. The molecule has 1 heterocycles. The molecule has 0 unspecified atom stereocenters. The van der Waals surface area contributed by atoms with Crippen LogP contribution in [0.1, 0.15) is 30.9 Å². The Labute approximate surface area is 190 Å². The molecule has 2 aromatic carbocycles. The van der Waals surface area contributed by atoms with Crippen LogP contribution in [0.2, 0.25) is 0 Å². The second-order valence-corrected chi connectivity index (χ2v) is 7.75. The fraction of sp³-hybridized carbons (Fsp3) is 0.423. The second kappa shape index (κ2) is 13.1. The highest BCUT2D eigenvalue weighted by Crippen LogP contribution is 2.21. The lowest BCUT2D eigenvalue weighted by Crippen LogP contribution is -2.35. The number of esters is 1. The van der Waals surface area contributed by atoms with Gasteiger partial charge in [0, 0.05) is 13.5 Å². The van der Waals surface area contributed by atoms with Gasteiger partial charge >= 0.3 is 5.97 Å². The zero-order chi connectivity index (χ0) is 22.6. The van der Waals surface area contributed by atoms with Crippen LogP contribution in [-0.4, -0.2) is 44.3 Å². The van der Waals surface area contributed by atoms with Crippen molar-refractivity contribution in [1.82, 2.24) is 0 Å².